The molecular weight excluding hydrogens is 1030 g/mol. The first kappa shape index (κ1) is 51.1. The Labute approximate surface area is 491 Å². The highest BCUT2D eigenvalue weighted by Crippen LogP contribution is 2.70. The van der Waals surface area contributed by atoms with Crippen molar-refractivity contribution in [1.82, 2.24) is 0 Å². The van der Waals surface area contributed by atoms with Crippen molar-refractivity contribution in [1.29, 1.82) is 0 Å². The van der Waals surface area contributed by atoms with Gasteiger partial charge < -0.3 is 28.3 Å². The Morgan fingerprint density at radius 1 is 0.488 bits per heavy atom. The second kappa shape index (κ2) is 18.6. The molecule has 0 amide bonds. The van der Waals surface area contributed by atoms with Crippen LogP contribution in [0.15, 0.2) is 222 Å². The molecule has 2 aliphatic heterocycles. The van der Waals surface area contributed by atoms with Gasteiger partial charge in [0.25, 0.3) is 0 Å². The van der Waals surface area contributed by atoms with Gasteiger partial charge in [-0.15, -0.1) is 0 Å². The Balaban J connectivity index is 1.18. The van der Waals surface area contributed by atoms with Crippen LogP contribution in [0.2, 0.25) is 0 Å². The molecule has 1 aliphatic carbocycles. The summed E-state index contributed by atoms with van der Waals surface area (Å²) in [7, 11) is 0. The molecule has 1 spiro atoms. The van der Waals surface area contributed by atoms with Crippen molar-refractivity contribution in [3.05, 3.63) is 269 Å². The lowest BCUT2D eigenvalue weighted by molar-refractivity contribution is 0.473. The summed E-state index contributed by atoms with van der Waals surface area (Å²) in [6, 6.07) is 73.4. The molecule has 12 aromatic rings. The van der Waals surface area contributed by atoms with Gasteiger partial charge in [0.15, 0.2) is 22.7 Å². The second-order valence-electron chi connectivity index (χ2n) is 24.9. The summed E-state index contributed by atoms with van der Waals surface area (Å²) in [6.07, 6.45) is 6.21. The molecule has 0 radical (unpaired) electrons. The van der Waals surface area contributed by atoms with E-state index in [2.05, 4.69) is 296 Å². The maximum atomic E-state index is 7.49. The largest absolute Gasteiger partial charge is 0.454 e. The molecule has 15 rings (SSSR count). The van der Waals surface area contributed by atoms with Crippen LogP contribution in [0.5, 0.6) is 11.5 Å². The molecule has 6 heteroatoms. The Morgan fingerprint density at radius 2 is 1.00 bits per heavy atom. The van der Waals surface area contributed by atoms with Gasteiger partial charge >= 0.3 is 0 Å². The normalized spacial score (nSPS) is 14.8. The van der Waals surface area contributed by atoms with Crippen molar-refractivity contribution in [2.45, 2.75) is 78.6 Å². The number of hydrogen-bond donors (Lipinski definition) is 0. The molecule has 0 saturated carbocycles. The average Bonchev–Trinajstić information content (AvgIpc) is 1.45. The van der Waals surface area contributed by atoms with Crippen molar-refractivity contribution >= 4 is 96.2 Å². The smallest absolute Gasteiger partial charge is 0.160 e. The fourth-order valence-electron chi connectivity index (χ4n) is 14.0. The monoisotopic (exact) mass is 1090 g/mol. The summed E-state index contributed by atoms with van der Waals surface area (Å²) in [6.45, 7) is 24.6. The fourth-order valence-corrected chi connectivity index (χ4v) is 14.0. The van der Waals surface area contributed by atoms with Crippen LogP contribution < -0.4 is 19.4 Å². The molecule has 0 fully saturated rings. The zero-order valence-electron chi connectivity index (χ0n) is 49.1. The van der Waals surface area contributed by atoms with Crippen LogP contribution in [0.4, 0.5) is 51.2 Å². The molecule has 0 bridgehead atoms. The highest BCUT2D eigenvalue weighted by molar-refractivity contribution is 6.25. The first-order chi connectivity index (χ1) is 40.7. The number of fused-ring (bicyclic) bond motifs is 17. The molecule has 4 heterocycles. The number of allylic oxidation sites excluding steroid dienone is 1. The number of furan rings is 2. The highest BCUT2D eigenvalue weighted by Gasteiger charge is 2.56. The minimum absolute atomic E-state index is 0.0513. The maximum absolute atomic E-state index is 7.49. The summed E-state index contributed by atoms with van der Waals surface area (Å²) in [5, 5.41) is 3.05. The summed E-state index contributed by atoms with van der Waals surface area (Å²) in [5.41, 5.74) is 22.7. The third-order valence-corrected chi connectivity index (χ3v) is 17.9. The van der Waals surface area contributed by atoms with E-state index in [0.717, 1.165) is 146 Å². The van der Waals surface area contributed by atoms with Crippen molar-refractivity contribution in [2.75, 3.05) is 14.7 Å². The second-order valence-corrected chi connectivity index (χ2v) is 24.9. The van der Waals surface area contributed by atoms with Gasteiger partial charge in [0, 0.05) is 44.5 Å². The minimum Gasteiger partial charge on any atom is -0.454 e. The Morgan fingerprint density at radius 3 is 1.60 bits per heavy atom. The van der Waals surface area contributed by atoms with Crippen LogP contribution in [0.1, 0.15) is 104 Å². The van der Waals surface area contributed by atoms with Crippen LogP contribution in [0.3, 0.4) is 0 Å². The molecule has 2 aromatic heterocycles. The number of hydrogen-bond acceptors (Lipinski definition) is 6. The van der Waals surface area contributed by atoms with E-state index in [-0.39, 0.29) is 10.8 Å². The number of para-hydroxylation sites is 7. The SMILES string of the molecule is C=Cc1oc2c(N(c3ccc(C(C)(C)C)cc3)c3ccccc3C)cc3c(c2c1/C=C\C)-c1c(cc(N(c2ccc(C(C)(C)C)cc2)c2ccccc2C)c2oc4ccccc4c12)C31c2ccccc2N2c3ccccc3Oc3cccc1c32. The van der Waals surface area contributed by atoms with Crippen molar-refractivity contribution in [2.24, 2.45) is 0 Å². The molecule has 6 nitrogen and oxygen atoms in total. The van der Waals surface area contributed by atoms with Gasteiger partial charge in [-0.05, 0) is 172 Å². The van der Waals surface area contributed by atoms with Crippen LogP contribution >= 0.6 is 0 Å². The van der Waals surface area contributed by atoms with Crippen LogP contribution in [0, 0.1) is 13.8 Å². The van der Waals surface area contributed by atoms with Crippen molar-refractivity contribution in [3.63, 3.8) is 0 Å². The van der Waals surface area contributed by atoms with Gasteiger partial charge in [0.1, 0.15) is 11.3 Å². The van der Waals surface area contributed by atoms with E-state index in [1.54, 1.807) is 0 Å². The van der Waals surface area contributed by atoms with Gasteiger partial charge in [-0.25, -0.2) is 0 Å². The van der Waals surface area contributed by atoms with E-state index >= 15 is 0 Å². The van der Waals surface area contributed by atoms with E-state index < -0.39 is 5.41 Å². The van der Waals surface area contributed by atoms with Crippen LogP contribution in [-0.2, 0) is 16.2 Å². The topological polar surface area (TPSA) is 45.2 Å². The van der Waals surface area contributed by atoms with E-state index in [1.165, 1.54) is 11.1 Å². The van der Waals surface area contributed by atoms with E-state index in [4.69, 9.17) is 13.6 Å². The maximum Gasteiger partial charge on any atom is 0.160 e. The number of rotatable bonds is 8. The molecule has 0 N–H and O–H groups in total. The summed E-state index contributed by atoms with van der Waals surface area (Å²) in [4.78, 5) is 7.30. The summed E-state index contributed by atoms with van der Waals surface area (Å²) >= 11 is 0. The van der Waals surface area contributed by atoms with E-state index in [9.17, 15) is 0 Å². The zero-order valence-corrected chi connectivity index (χ0v) is 49.1. The number of anilines is 9. The van der Waals surface area contributed by atoms with E-state index in [0.29, 0.717) is 5.76 Å². The van der Waals surface area contributed by atoms with Gasteiger partial charge in [0.05, 0.1) is 33.9 Å². The first-order valence-electron chi connectivity index (χ1n) is 29.3. The summed E-state index contributed by atoms with van der Waals surface area (Å²) < 4.78 is 22.1. The Kier molecular flexibility index (Phi) is 11.3. The molecule has 410 valence electrons. The molecular formula is C78H65N3O3. The number of benzene rings is 10. The van der Waals surface area contributed by atoms with Gasteiger partial charge in [-0.3, -0.25) is 0 Å². The lowest BCUT2D eigenvalue weighted by Crippen LogP contribution is -2.37. The van der Waals surface area contributed by atoms with Crippen LogP contribution in [0.25, 0.3) is 56.2 Å². The molecule has 84 heavy (non-hydrogen) atoms. The number of aryl methyl sites for hydroxylation is 2. The summed E-state index contributed by atoms with van der Waals surface area (Å²) in [5.74, 6) is 2.29. The molecule has 1 unspecified atom stereocenters. The predicted molar refractivity (Wildman–Crippen MR) is 350 cm³/mol. The minimum atomic E-state index is -1.01. The Hall–Kier alpha value is -9.78. The number of nitrogens with zero attached hydrogens (tertiary/aromatic N) is 3. The standard InChI is InChI=1S/C78H65N3O3/c1-11-24-53-65(12-2)83-74-63(79(59-30-17-13-25-47(59)3)51-41-37-49(38-42-51)76(5,6)7)45-57-71(69(53)74)72-58(78(57)55-28-16-19-32-61(55)81-62-33-20-22-35-67(62)82-68-36-23-29-56(78)73(68)81)46-64(75-70(72)54-27-15-21-34-66(54)84-75)80(60-31-18-14-26-48(60)4)52-43-39-50(40-44-52)77(8,9)10/h11-46H,2H2,1,3-10H3/b24-11-. The lowest BCUT2D eigenvalue weighted by Gasteiger charge is -2.47. The van der Waals surface area contributed by atoms with Crippen molar-refractivity contribution in [3.8, 4) is 22.6 Å². The molecule has 10 aromatic carbocycles. The molecule has 0 saturated heterocycles. The quantitative estimate of drug-likeness (QED) is 0.151. The first-order valence-corrected chi connectivity index (χ1v) is 29.3. The van der Waals surface area contributed by atoms with E-state index in [1.807, 2.05) is 6.08 Å². The third-order valence-electron chi connectivity index (χ3n) is 17.9. The molecule has 1 atom stereocenters. The Bertz CT molecular complexity index is 4730. The highest BCUT2D eigenvalue weighted by atomic mass is 16.5. The zero-order chi connectivity index (χ0) is 57.6. The average molecular weight is 1090 g/mol. The van der Waals surface area contributed by atoms with Crippen molar-refractivity contribution < 1.29 is 13.6 Å². The lowest BCUT2D eigenvalue weighted by atomic mass is 9.64. The van der Waals surface area contributed by atoms with Gasteiger partial charge in [0.2, 0.25) is 0 Å². The van der Waals surface area contributed by atoms with Gasteiger partial charge in [-0.2, -0.15) is 0 Å². The fraction of sp³-hybridized carbons (Fsp3) is 0.154. The predicted octanol–water partition coefficient (Wildman–Crippen LogP) is 22.4. The third kappa shape index (κ3) is 7.29. The van der Waals surface area contributed by atoms with Crippen LogP contribution in [-0.4, -0.2) is 0 Å². The van der Waals surface area contributed by atoms with Gasteiger partial charge in [-0.1, -0.05) is 182 Å². The molecule has 3 aliphatic rings. The number of ether oxygens (including phenoxy) is 1.